The second kappa shape index (κ2) is 8.26. The number of carbonyl (C=O) groups excluding carboxylic acids is 1. The third-order valence-corrected chi connectivity index (χ3v) is 2.57. The van der Waals surface area contributed by atoms with Gasteiger partial charge < -0.3 is 15.2 Å². The van der Waals surface area contributed by atoms with Crippen molar-refractivity contribution in [1.82, 2.24) is 0 Å². The summed E-state index contributed by atoms with van der Waals surface area (Å²) in [5.41, 5.74) is 1.31. The fourth-order valence-corrected chi connectivity index (χ4v) is 1.69. The molecule has 0 heterocycles. The largest absolute Gasteiger partial charge is 0.481 e. The zero-order valence-electron chi connectivity index (χ0n) is 11.0. The van der Waals surface area contributed by atoms with Crippen molar-refractivity contribution in [2.45, 2.75) is 25.7 Å². The number of carboxylic acids is 1. The zero-order chi connectivity index (χ0) is 14.1. The third kappa shape index (κ3) is 6.57. The number of ether oxygens (including phenoxy) is 1. The number of carbonyl (C=O) groups is 2. The van der Waals surface area contributed by atoms with Crippen molar-refractivity contribution in [1.29, 1.82) is 0 Å². The van der Waals surface area contributed by atoms with Gasteiger partial charge in [0.25, 0.3) is 0 Å². The van der Waals surface area contributed by atoms with E-state index in [0.29, 0.717) is 24.3 Å². The molecule has 0 spiro atoms. The molecule has 1 aromatic rings. The normalized spacial score (nSPS) is 10.2. The molecule has 0 aliphatic rings. The minimum atomic E-state index is -0.886. The van der Waals surface area contributed by atoms with Gasteiger partial charge in [-0.25, -0.2) is 0 Å². The molecule has 5 heteroatoms. The van der Waals surface area contributed by atoms with Crippen molar-refractivity contribution in [2.75, 3.05) is 19.0 Å². The van der Waals surface area contributed by atoms with Gasteiger partial charge in [0.1, 0.15) is 0 Å². The highest BCUT2D eigenvalue weighted by Crippen LogP contribution is 2.12. The number of hydrogen-bond acceptors (Lipinski definition) is 3. The first kappa shape index (κ1) is 15.2. The second-order valence-electron chi connectivity index (χ2n) is 4.27. The predicted octanol–water partition coefficient (Wildman–Crippen LogP) is 2.07. The standard InChI is InChI=1S/C14H19NO4/c1-19-8-3-2-7-13(16)15-12-6-4-5-11(9-12)10-14(17)18/h4-6,9H,2-3,7-8,10H2,1H3,(H,15,16)(H,17,18). The number of hydrogen-bond donors (Lipinski definition) is 2. The van der Waals surface area contributed by atoms with E-state index in [-0.39, 0.29) is 12.3 Å². The molecule has 104 valence electrons. The number of amides is 1. The first-order valence-corrected chi connectivity index (χ1v) is 6.21. The smallest absolute Gasteiger partial charge is 0.307 e. The lowest BCUT2D eigenvalue weighted by molar-refractivity contribution is -0.136. The first-order valence-electron chi connectivity index (χ1n) is 6.21. The monoisotopic (exact) mass is 265 g/mol. The van der Waals surface area contributed by atoms with Gasteiger partial charge in [-0.2, -0.15) is 0 Å². The molecule has 0 atom stereocenters. The number of methoxy groups -OCH3 is 1. The number of rotatable bonds is 8. The number of carboxylic acid groups (broad SMARTS) is 1. The molecule has 2 N–H and O–H groups in total. The Kier molecular flexibility index (Phi) is 6.60. The summed E-state index contributed by atoms with van der Waals surface area (Å²) in [5.74, 6) is -0.952. The van der Waals surface area contributed by atoms with E-state index in [1.807, 2.05) is 0 Å². The molecular formula is C14H19NO4. The van der Waals surface area contributed by atoms with Crippen molar-refractivity contribution in [2.24, 2.45) is 0 Å². The van der Waals surface area contributed by atoms with Gasteiger partial charge in [0.15, 0.2) is 0 Å². The lowest BCUT2D eigenvalue weighted by Gasteiger charge is -2.06. The molecule has 0 radical (unpaired) electrons. The summed E-state index contributed by atoms with van der Waals surface area (Å²) in [4.78, 5) is 22.2. The first-order chi connectivity index (χ1) is 9.11. The Balaban J connectivity index is 2.43. The van der Waals surface area contributed by atoms with Crippen LogP contribution in [-0.2, 0) is 20.7 Å². The van der Waals surface area contributed by atoms with Crippen LogP contribution in [-0.4, -0.2) is 30.7 Å². The molecule has 1 rings (SSSR count). The van der Waals surface area contributed by atoms with Crippen molar-refractivity contribution in [3.05, 3.63) is 29.8 Å². The second-order valence-corrected chi connectivity index (χ2v) is 4.27. The maximum absolute atomic E-state index is 11.6. The SMILES string of the molecule is COCCCCC(=O)Nc1cccc(CC(=O)O)c1. The molecule has 0 unspecified atom stereocenters. The van der Waals surface area contributed by atoms with Crippen LogP contribution in [0.15, 0.2) is 24.3 Å². The van der Waals surface area contributed by atoms with E-state index in [1.165, 1.54) is 0 Å². The van der Waals surface area contributed by atoms with Crippen molar-refractivity contribution < 1.29 is 19.4 Å². The summed E-state index contributed by atoms with van der Waals surface area (Å²) in [7, 11) is 1.63. The van der Waals surface area contributed by atoms with Gasteiger partial charge in [0, 0.05) is 25.8 Å². The highest BCUT2D eigenvalue weighted by atomic mass is 16.5. The number of benzene rings is 1. The Morgan fingerprint density at radius 2 is 2.11 bits per heavy atom. The maximum Gasteiger partial charge on any atom is 0.307 e. The van der Waals surface area contributed by atoms with Crippen molar-refractivity contribution in [3.8, 4) is 0 Å². The van der Waals surface area contributed by atoms with Crippen LogP contribution in [0.25, 0.3) is 0 Å². The Morgan fingerprint density at radius 3 is 2.79 bits per heavy atom. The molecule has 0 aliphatic heterocycles. The van der Waals surface area contributed by atoms with Crippen LogP contribution >= 0.6 is 0 Å². The van der Waals surface area contributed by atoms with Crippen LogP contribution in [0.4, 0.5) is 5.69 Å². The summed E-state index contributed by atoms with van der Waals surface area (Å²) < 4.78 is 4.91. The van der Waals surface area contributed by atoms with Crippen LogP contribution < -0.4 is 5.32 Å². The Bertz CT molecular complexity index is 431. The summed E-state index contributed by atoms with van der Waals surface area (Å²) in [5, 5.41) is 11.5. The number of aliphatic carboxylic acids is 1. The molecular weight excluding hydrogens is 246 g/mol. The highest BCUT2D eigenvalue weighted by Gasteiger charge is 2.04. The van der Waals surface area contributed by atoms with E-state index in [0.717, 1.165) is 12.8 Å². The Labute approximate surface area is 112 Å². The molecule has 19 heavy (non-hydrogen) atoms. The third-order valence-electron chi connectivity index (χ3n) is 2.57. The van der Waals surface area contributed by atoms with E-state index >= 15 is 0 Å². The van der Waals surface area contributed by atoms with Crippen LogP contribution in [0.3, 0.4) is 0 Å². The molecule has 0 fully saturated rings. The fraction of sp³-hybridized carbons (Fsp3) is 0.429. The Morgan fingerprint density at radius 1 is 1.32 bits per heavy atom. The van der Waals surface area contributed by atoms with Crippen LogP contribution in [0.1, 0.15) is 24.8 Å². The van der Waals surface area contributed by atoms with Gasteiger partial charge in [-0.3, -0.25) is 9.59 Å². The predicted molar refractivity (Wildman–Crippen MR) is 72.1 cm³/mol. The maximum atomic E-state index is 11.6. The highest BCUT2D eigenvalue weighted by molar-refractivity contribution is 5.90. The number of unbranched alkanes of at least 4 members (excludes halogenated alkanes) is 1. The Hall–Kier alpha value is -1.88. The molecule has 0 saturated heterocycles. The fourth-order valence-electron chi connectivity index (χ4n) is 1.69. The molecule has 0 bridgehead atoms. The minimum Gasteiger partial charge on any atom is -0.481 e. The number of anilines is 1. The zero-order valence-corrected chi connectivity index (χ0v) is 11.0. The average molecular weight is 265 g/mol. The quantitative estimate of drug-likeness (QED) is 0.705. The summed E-state index contributed by atoms with van der Waals surface area (Å²) in [6.07, 6.45) is 2.02. The van der Waals surface area contributed by atoms with Gasteiger partial charge in [0.2, 0.25) is 5.91 Å². The van der Waals surface area contributed by atoms with Gasteiger partial charge in [0.05, 0.1) is 6.42 Å². The topological polar surface area (TPSA) is 75.6 Å². The molecule has 0 aliphatic carbocycles. The van der Waals surface area contributed by atoms with Crippen LogP contribution in [0.5, 0.6) is 0 Å². The molecule has 1 aromatic carbocycles. The van der Waals surface area contributed by atoms with Crippen molar-refractivity contribution in [3.63, 3.8) is 0 Å². The molecule has 1 amide bonds. The van der Waals surface area contributed by atoms with Crippen molar-refractivity contribution >= 4 is 17.6 Å². The van der Waals surface area contributed by atoms with E-state index in [2.05, 4.69) is 5.32 Å². The average Bonchev–Trinajstić information content (AvgIpc) is 2.34. The van der Waals surface area contributed by atoms with Crippen LogP contribution in [0.2, 0.25) is 0 Å². The van der Waals surface area contributed by atoms with E-state index in [4.69, 9.17) is 9.84 Å². The summed E-state index contributed by atoms with van der Waals surface area (Å²) in [6.45, 7) is 0.654. The van der Waals surface area contributed by atoms with E-state index in [1.54, 1.807) is 31.4 Å². The lowest BCUT2D eigenvalue weighted by Crippen LogP contribution is -2.11. The number of nitrogens with one attached hydrogen (secondary N) is 1. The van der Waals surface area contributed by atoms with Gasteiger partial charge in [-0.1, -0.05) is 12.1 Å². The van der Waals surface area contributed by atoms with Crippen LogP contribution in [0, 0.1) is 0 Å². The molecule has 0 aromatic heterocycles. The van der Waals surface area contributed by atoms with Gasteiger partial charge in [-0.15, -0.1) is 0 Å². The molecule has 5 nitrogen and oxygen atoms in total. The van der Waals surface area contributed by atoms with Gasteiger partial charge in [-0.05, 0) is 30.5 Å². The van der Waals surface area contributed by atoms with E-state index in [9.17, 15) is 9.59 Å². The minimum absolute atomic E-state index is 0.0441. The van der Waals surface area contributed by atoms with E-state index < -0.39 is 5.97 Å². The van der Waals surface area contributed by atoms with Gasteiger partial charge >= 0.3 is 5.97 Å². The summed E-state index contributed by atoms with van der Waals surface area (Å²) in [6, 6.07) is 6.89. The lowest BCUT2D eigenvalue weighted by atomic mass is 10.1. The summed E-state index contributed by atoms with van der Waals surface area (Å²) >= 11 is 0. The molecule has 0 saturated carbocycles.